The van der Waals surface area contributed by atoms with Gasteiger partial charge in [0.05, 0.1) is 35.8 Å². The quantitative estimate of drug-likeness (QED) is 0.574. The summed E-state index contributed by atoms with van der Waals surface area (Å²) in [6, 6.07) is 6.03. The summed E-state index contributed by atoms with van der Waals surface area (Å²) >= 11 is 12.1. The molecule has 10 heteroatoms. The average Bonchev–Trinajstić information content (AvgIpc) is 2.85. The maximum Gasteiger partial charge on any atom is 0.242 e. The number of nitrogens with zero attached hydrogens (tertiary/aromatic N) is 4. The van der Waals surface area contributed by atoms with Crippen LogP contribution in [-0.2, 0) is 20.9 Å². The summed E-state index contributed by atoms with van der Waals surface area (Å²) in [4.78, 5) is 34.9. The van der Waals surface area contributed by atoms with E-state index in [-0.39, 0.29) is 30.3 Å². The molecule has 3 aliphatic heterocycles. The van der Waals surface area contributed by atoms with Crippen molar-refractivity contribution in [2.24, 2.45) is 11.8 Å². The third-order valence-electron chi connectivity index (χ3n) is 8.30. The van der Waals surface area contributed by atoms with Gasteiger partial charge >= 0.3 is 0 Å². The number of rotatable bonds is 7. The number of carbonyl (C=O) groups is 2. The molecule has 1 aliphatic carbocycles. The average molecular weight is 539 g/mol. The molecule has 0 spiro atoms. The molecule has 3 heterocycles. The lowest BCUT2D eigenvalue weighted by molar-refractivity contribution is -0.148. The van der Waals surface area contributed by atoms with Gasteiger partial charge < -0.3 is 19.4 Å². The third-order valence-corrected chi connectivity index (χ3v) is 9.04. The lowest BCUT2D eigenvalue weighted by Gasteiger charge is -2.47. The van der Waals surface area contributed by atoms with Crippen molar-refractivity contribution in [3.05, 3.63) is 33.8 Å². The number of ether oxygens (including phenoxy) is 1. The molecular weight excluding hydrogens is 501 g/mol. The standard InChI is InChI=1S/C26H37Cl2N5O3/c1-30(12-18-2-4-22(27)23(28)10-18)25(34)14-33-17-29-24-5-3-20(11-21(24)26(33)35)32-8-6-31(7-9-32)13-19-15-36-16-19/h2,4,10,19-21,24,29H,3,5-9,11-17H2,1H3. The third kappa shape index (κ3) is 6.00. The van der Waals surface area contributed by atoms with Gasteiger partial charge in [0.25, 0.3) is 0 Å². The van der Waals surface area contributed by atoms with Gasteiger partial charge in [0.2, 0.25) is 11.8 Å². The summed E-state index contributed by atoms with van der Waals surface area (Å²) in [7, 11) is 1.75. The molecule has 8 nitrogen and oxygen atoms in total. The van der Waals surface area contributed by atoms with E-state index in [2.05, 4.69) is 15.1 Å². The van der Waals surface area contributed by atoms with E-state index in [1.54, 1.807) is 29.0 Å². The Morgan fingerprint density at radius 3 is 2.61 bits per heavy atom. The summed E-state index contributed by atoms with van der Waals surface area (Å²) in [5.74, 6) is 0.670. The summed E-state index contributed by atoms with van der Waals surface area (Å²) < 4.78 is 5.32. The molecule has 1 aromatic carbocycles. The first-order valence-corrected chi connectivity index (χ1v) is 13.9. The van der Waals surface area contributed by atoms with Crippen molar-refractivity contribution in [1.82, 2.24) is 24.9 Å². The van der Waals surface area contributed by atoms with Gasteiger partial charge in [0.15, 0.2) is 0 Å². The number of halogens is 2. The molecule has 4 aliphatic rings. The van der Waals surface area contributed by atoms with E-state index in [9.17, 15) is 9.59 Å². The summed E-state index contributed by atoms with van der Waals surface area (Å²) in [6.45, 7) is 8.22. The first kappa shape index (κ1) is 26.2. The van der Waals surface area contributed by atoms with Gasteiger partial charge in [-0.3, -0.25) is 19.8 Å². The normalized spacial score (nSPS) is 28.0. The highest BCUT2D eigenvalue weighted by Crippen LogP contribution is 2.32. The highest BCUT2D eigenvalue weighted by atomic mass is 35.5. The number of piperazine rings is 1. The van der Waals surface area contributed by atoms with Crippen LogP contribution < -0.4 is 5.32 Å². The summed E-state index contributed by atoms with van der Waals surface area (Å²) in [6.07, 6.45) is 3.01. The van der Waals surface area contributed by atoms with Crippen LogP contribution in [0.4, 0.5) is 0 Å². The maximum absolute atomic E-state index is 13.4. The number of fused-ring (bicyclic) bond motifs is 1. The predicted octanol–water partition coefficient (Wildman–Crippen LogP) is 2.14. The van der Waals surface area contributed by atoms with Gasteiger partial charge in [-0.05, 0) is 37.0 Å². The first-order valence-electron chi connectivity index (χ1n) is 13.1. The first-order chi connectivity index (χ1) is 17.4. The van der Waals surface area contributed by atoms with Crippen LogP contribution in [0.25, 0.3) is 0 Å². The molecule has 0 bridgehead atoms. The number of hydrogen-bond acceptors (Lipinski definition) is 6. The van der Waals surface area contributed by atoms with Crippen molar-refractivity contribution in [2.75, 3.05) is 66.2 Å². The van der Waals surface area contributed by atoms with Crippen molar-refractivity contribution in [1.29, 1.82) is 0 Å². The second kappa shape index (κ2) is 11.5. The van der Waals surface area contributed by atoms with Gasteiger partial charge in [0.1, 0.15) is 6.54 Å². The van der Waals surface area contributed by atoms with Crippen molar-refractivity contribution < 1.29 is 14.3 Å². The number of amides is 2. The fourth-order valence-electron chi connectivity index (χ4n) is 6.02. The van der Waals surface area contributed by atoms with E-state index in [0.29, 0.717) is 35.2 Å². The smallest absolute Gasteiger partial charge is 0.242 e. The molecule has 0 aromatic heterocycles. The monoisotopic (exact) mass is 537 g/mol. The molecule has 36 heavy (non-hydrogen) atoms. The van der Waals surface area contributed by atoms with Crippen LogP contribution in [0, 0.1) is 11.8 Å². The SMILES string of the molecule is CN(Cc1ccc(Cl)c(Cl)c1)C(=O)CN1CNC2CCC(N3CCN(CC4COC4)CC3)CC2C1=O. The zero-order chi connectivity index (χ0) is 25.2. The van der Waals surface area contributed by atoms with Crippen LogP contribution in [0.2, 0.25) is 10.0 Å². The van der Waals surface area contributed by atoms with E-state index in [1.807, 2.05) is 6.07 Å². The highest BCUT2D eigenvalue weighted by molar-refractivity contribution is 6.42. The van der Waals surface area contributed by atoms with Crippen LogP contribution in [-0.4, -0.2) is 110 Å². The topological polar surface area (TPSA) is 68.4 Å². The second-order valence-electron chi connectivity index (χ2n) is 10.8. The Morgan fingerprint density at radius 1 is 1.14 bits per heavy atom. The van der Waals surface area contributed by atoms with Gasteiger partial charge in [-0.25, -0.2) is 0 Å². The number of likely N-dealkylation sites (N-methyl/N-ethyl adjacent to an activating group) is 1. The Bertz CT molecular complexity index is 954. The van der Waals surface area contributed by atoms with Crippen molar-refractivity contribution in [3.63, 3.8) is 0 Å². The van der Waals surface area contributed by atoms with Gasteiger partial charge in [-0.2, -0.15) is 0 Å². The minimum absolute atomic E-state index is 0.0594. The molecule has 1 saturated carbocycles. The van der Waals surface area contributed by atoms with Crippen molar-refractivity contribution in [2.45, 2.75) is 37.9 Å². The lowest BCUT2D eigenvalue weighted by Crippen LogP contribution is -2.62. The molecule has 3 atom stereocenters. The van der Waals surface area contributed by atoms with Crippen molar-refractivity contribution in [3.8, 4) is 0 Å². The zero-order valence-corrected chi connectivity index (χ0v) is 22.5. The van der Waals surface area contributed by atoms with E-state index < -0.39 is 0 Å². The van der Waals surface area contributed by atoms with Crippen LogP contribution in [0.1, 0.15) is 24.8 Å². The van der Waals surface area contributed by atoms with Gasteiger partial charge in [0, 0.05) is 64.3 Å². The van der Waals surface area contributed by atoms with Crippen LogP contribution in [0.3, 0.4) is 0 Å². The molecule has 1 N–H and O–H groups in total. The molecule has 3 unspecified atom stereocenters. The van der Waals surface area contributed by atoms with E-state index in [1.165, 1.54) is 0 Å². The van der Waals surface area contributed by atoms with Crippen LogP contribution in [0.5, 0.6) is 0 Å². The molecule has 2 amide bonds. The number of nitrogens with one attached hydrogen (secondary N) is 1. The molecule has 4 fully saturated rings. The maximum atomic E-state index is 13.4. The summed E-state index contributed by atoms with van der Waals surface area (Å²) in [5, 5.41) is 4.50. The number of benzene rings is 1. The fraction of sp³-hybridized carbons (Fsp3) is 0.692. The number of carbonyl (C=O) groups excluding carboxylic acids is 2. The van der Waals surface area contributed by atoms with E-state index in [0.717, 1.165) is 70.8 Å². The molecule has 198 valence electrons. The molecule has 0 radical (unpaired) electrons. The lowest BCUT2D eigenvalue weighted by atomic mass is 9.79. The highest BCUT2D eigenvalue weighted by Gasteiger charge is 2.43. The molecular formula is C26H37Cl2N5O3. The Labute approximate surface area is 223 Å². The minimum Gasteiger partial charge on any atom is -0.381 e. The van der Waals surface area contributed by atoms with E-state index >= 15 is 0 Å². The molecule has 1 aromatic rings. The largest absolute Gasteiger partial charge is 0.381 e. The van der Waals surface area contributed by atoms with Gasteiger partial charge in [-0.1, -0.05) is 29.3 Å². The van der Waals surface area contributed by atoms with Gasteiger partial charge in [-0.15, -0.1) is 0 Å². The number of hydrogen-bond donors (Lipinski definition) is 1. The second-order valence-corrected chi connectivity index (χ2v) is 11.6. The predicted molar refractivity (Wildman–Crippen MR) is 140 cm³/mol. The van der Waals surface area contributed by atoms with Crippen LogP contribution in [0.15, 0.2) is 18.2 Å². The van der Waals surface area contributed by atoms with E-state index in [4.69, 9.17) is 27.9 Å². The zero-order valence-electron chi connectivity index (χ0n) is 21.0. The van der Waals surface area contributed by atoms with Crippen molar-refractivity contribution >= 4 is 35.0 Å². The Hall–Kier alpha value is -1.42. The molecule has 5 rings (SSSR count). The molecule has 3 saturated heterocycles. The Balaban J connectivity index is 1.11. The minimum atomic E-state index is -0.0879. The Kier molecular flexibility index (Phi) is 8.40. The fourth-order valence-corrected chi connectivity index (χ4v) is 6.34. The van der Waals surface area contributed by atoms with Crippen LogP contribution >= 0.6 is 23.2 Å². The Morgan fingerprint density at radius 2 is 1.92 bits per heavy atom. The summed E-state index contributed by atoms with van der Waals surface area (Å²) in [5.41, 5.74) is 0.902.